The first-order chi connectivity index (χ1) is 8.52. The van der Waals surface area contributed by atoms with E-state index in [0.717, 1.165) is 38.2 Å². The number of carbonyl (C=O) groups excluding carboxylic acids is 1. The Morgan fingerprint density at radius 1 is 1.11 bits per heavy atom. The van der Waals surface area contributed by atoms with Gasteiger partial charge in [0.15, 0.2) is 0 Å². The molecule has 1 fully saturated rings. The molecule has 2 aliphatic rings. The van der Waals surface area contributed by atoms with Crippen molar-refractivity contribution in [1.29, 1.82) is 0 Å². The van der Waals surface area contributed by atoms with Gasteiger partial charge < -0.3 is 0 Å². The normalized spacial score (nSPS) is 22.9. The molecular weight excluding hydrogens is 241 g/mol. The molecule has 0 amide bonds. The quantitative estimate of drug-likeness (QED) is 0.673. The highest BCUT2D eigenvalue weighted by molar-refractivity contribution is 5.75. The van der Waals surface area contributed by atoms with Gasteiger partial charge >= 0.3 is 6.18 Å². The zero-order valence-electron chi connectivity index (χ0n) is 10.2. The average molecular weight is 258 g/mol. The minimum absolute atomic E-state index is 0.0693. The highest BCUT2D eigenvalue weighted by atomic mass is 19.4. The molecule has 18 heavy (non-hydrogen) atoms. The van der Waals surface area contributed by atoms with Crippen LogP contribution < -0.4 is 0 Å². The molecule has 1 saturated carbocycles. The van der Waals surface area contributed by atoms with Crippen molar-refractivity contribution in [3.8, 4) is 0 Å². The van der Waals surface area contributed by atoms with Crippen LogP contribution in [-0.4, -0.2) is 12.5 Å². The second-order valence-electron chi connectivity index (χ2n) is 5.11. The van der Waals surface area contributed by atoms with Gasteiger partial charge in [0.05, 0.1) is 5.57 Å². The number of halogens is 3. The van der Waals surface area contributed by atoms with Crippen LogP contribution in [0.1, 0.15) is 44.9 Å². The number of allylic oxidation sites excluding steroid dienone is 4. The van der Waals surface area contributed by atoms with E-state index in [2.05, 4.69) is 0 Å². The van der Waals surface area contributed by atoms with Gasteiger partial charge in [0.2, 0.25) is 0 Å². The minimum atomic E-state index is -4.33. The largest absolute Gasteiger partial charge is 0.416 e. The van der Waals surface area contributed by atoms with Gasteiger partial charge in [-0.1, -0.05) is 24.8 Å². The van der Waals surface area contributed by atoms with E-state index in [1.807, 2.05) is 0 Å². The number of hydrogen-bond donors (Lipinski definition) is 0. The molecule has 2 rings (SSSR count). The molecule has 0 aliphatic heterocycles. The van der Waals surface area contributed by atoms with Crippen LogP contribution in [0.3, 0.4) is 0 Å². The SMILES string of the molecule is O=CC1=CC(C(F)(F)F)=C(C2CCCCC2)CC1. The van der Waals surface area contributed by atoms with Crippen molar-refractivity contribution in [1.82, 2.24) is 0 Å². The van der Waals surface area contributed by atoms with Gasteiger partial charge in [-0.25, -0.2) is 0 Å². The molecule has 0 saturated heterocycles. The standard InChI is InChI=1S/C14H17F3O/c15-14(16,17)13-8-10(9-18)6-7-12(13)11-4-2-1-3-5-11/h8-9,11H,1-7H2. The van der Waals surface area contributed by atoms with E-state index in [0.29, 0.717) is 24.7 Å². The van der Waals surface area contributed by atoms with Crippen molar-refractivity contribution in [3.63, 3.8) is 0 Å². The number of alkyl halides is 3. The number of hydrogen-bond acceptors (Lipinski definition) is 1. The maximum absolute atomic E-state index is 13.0. The fourth-order valence-corrected chi connectivity index (χ4v) is 3.00. The highest BCUT2D eigenvalue weighted by Gasteiger charge is 2.38. The summed E-state index contributed by atoms with van der Waals surface area (Å²) in [7, 11) is 0. The zero-order chi connectivity index (χ0) is 13.2. The van der Waals surface area contributed by atoms with E-state index in [4.69, 9.17) is 0 Å². The first-order valence-electron chi connectivity index (χ1n) is 6.48. The van der Waals surface area contributed by atoms with Crippen LogP contribution in [-0.2, 0) is 4.79 Å². The topological polar surface area (TPSA) is 17.1 Å². The van der Waals surface area contributed by atoms with Crippen molar-refractivity contribution in [3.05, 3.63) is 22.8 Å². The van der Waals surface area contributed by atoms with Crippen molar-refractivity contribution in [2.45, 2.75) is 51.1 Å². The maximum atomic E-state index is 13.0. The third kappa shape index (κ3) is 2.85. The van der Waals surface area contributed by atoms with E-state index in [9.17, 15) is 18.0 Å². The lowest BCUT2D eigenvalue weighted by molar-refractivity contribution is -0.105. The summed E-state index contributed by atoms with van der Waals surface area (Å²) in [6, 6.07) is 0. The fourth-order valence-electron chi connectivity index (χ4n) is 3.00. The lowest BCUT2D eigenvalue weighted by atomic mass is 9.77. The highest BCUT2D eigenvalue weighted by Crippen LogP contribution is 2.42. The molecule has 0 radical (unpaired) electrons. The molecule has 0 bridgehead atoms. The van der Waals surface area contributed by atoms with Gasteiger partial charge in [-0.2, -0.15) is 13.2 Å². The molecular formula is C14H17F3O. The van der Waals surface area contributed by atoms with Crippen molar-refractivity contribution in [2.24, 2.45) is 5.92 Å². The van der Waals surface area contributed by atoms with Crippen LogP contribution in [0.4, 0.5) is 13.2 Å². The molecule has 0 atom stereocenters. The van der Waals surface area contributed by atoms with Gasteiger partial charge in [-0.3, -0.25) is 4.79 Å². The molecule has 0 aromatic carbocycles. The second kappa shape index (κ2) is 5.29. The first-order valence-corrected chi connectivity index (χ1v) is 6.48. The summed E-state index contributed by atoms with van der Waals surface area (Å²) in [6.07, 6.45) is 3.00. The first kappa shape index (κ1) is 13.4. The van der Waals surface area contributed by atoms with Crippen LogP contribution >= 0.6 is 0 Å². The Morgan fingerprint density at radius 2 is 1.78 bits per heavy atom. The molecule has 0 heterocycles. The zero-order valence-corrected chi connectivity index (χ0v) is 10.2. The van der Waals surface area contributed by atoms with Gasteiger partial charge in [-0.15, -0.1) is 0 Å². The molecule has 0 spiro atoms. The lowest BCUT2D eigenvalue weighted by Crippen LogP contribution is -2.21. The Kier molecular flexibility index (Phi) is 3.93. The molecule has 0 unspecified atom stereocenters. The van der Waals surface area contributed by atoms with Crippen LogP contribution in [0.5, 0.6) is 0 Å². The lowest BCUT2D eigenvalue weighted by Gasteiger charge is -2.29. The molecule has 4 heteroatoms. The van der Waals surface area contributed by atoms with Gasteiger partial charge in [0.25, 0.3) is 0 Å². The molecule has 1 nitrogen and oxygen atoms in total. The Balaban J connectivity index is 2.34. The van der Waals surface area contributed by atoms with E-state index in [-0.39, 0.29) is 11.5 Å². The average Bonchev–Trinajstić information content (AvgIpc) is 2.38. The molecule has 0 aromatic rings. The summed E-state index contributed by atoms with van der Waals surface area (Å²) < 4.78 is 39.1. The van der Waals surface area contributed by atoms with Gasteiger partial charge in [0, 0.05) is 0 Å². The van der Waals surface area contributed by atoms with Crippen molar-refractivity contribution >= 4 is 6.29 Å². The summed E-state index contributed by atoms with van der Waals surface area (Å²) in [6.45, 7) is 0. The second-order valence-corrected chi connectivity index (χ2v) is 5.11. The number of aldehydes is 1. The maximum Gasteiger partial charge on any atom is 0.416 e. The summed E-state index contributed by atoms with van der Waals surface area (Å²) in [5.74, 6) is 0.0693. The van der Waals surface area contributed by atoms with E-state index in [1.54, 1.807) is 0 Å². The Labute approximate surface area is 105 Å². The van der Waals surface area contributed by atoms with Gasteiger partial charge in [0.1, 0.15) is 6.29 Å². The van der Waals surface area contributed by atoms with E-state index < -0.39 is 11.7 Å². The monoisotopic (exact) mass is 258 g/mol. The number of rotatable bonds is 2. The van der Waals surface area contributed by atoms with E-state index >= 15 is 0 Å². The van der Waals surface area contributed by atoms with Gasteiger partial charge in [-0.05, 0) is 43.3 Å². The van der Waals surface area contributed by atoms with E-state index in [1.165, 1.54) is 0 Å². The molecule has 2 aliphatic carbocycles. The van der Waals surface area contributed by atoms with Crippen molar-refractivity contribution in [2.75, 3.05) is 0 Å². The third-order valence-corrected chi connectivity index (χ3v) is 3.91. The van der Waals surface area contributed by atoms with Crippen LogP contribution in [0, 0.1) is 5.92 Å². The molecule has 100 valence electrons. The van der Waals surface area contributed by atoms with Crippen LogP contribution in [0.15, 0.2) is 22.8 Å². The molecule has 0 N–H and O–H groups in total. The predicted molar refractivity (Wildman–Crippen MR) is 63.0 cm³/mol. The summed E-state index contributed by atoms with van der Waals surface area (Å²) >= 11 is 0. The Hall–Kier alpha value is -1.06. The Bertz CT molecular complexity index is 384. The number of carbonyl (C=O) groups is 1. The van der Waals surface area contributed by atoms with Crippen LogP contribution in [0.25, 0.3) is 0 Å². The third-order valence-electron chi connectivity index (χ3n) is 3.91. The van der Waals surface area contributed by atoms with Crippen LogP contribution in [0.2, 0.25) is 0 Å². The molecule has 0 aromatic heterocycles. The summed E-state index contributed by atoms with van der Waals surface area (Å²) in [5, 5.41) is 0. The Morgan fingerprint density at radius 3 is 2.33 bits per heavy atom. The fraction of sp³-hybridized carbons (Fsp3) is 0.643. The summed E-state index contributed by atoms with van der Waals surface area (Å²) in [4.78, 5) is 10.7. The smallest absolute Gasteiger partial charge is 0.298 e. The predicted octanol–water partition coefficient (Wildman–Crippen LogP) is 4.34. The van der Waals surface area contributed by atoms with Crippen molar-refractivity contribution < 1.29 is 18.0 Å². The minimum Gasteiger partial charge on any atom is -0.298 e. The summed E-state index contributed by atoms with van der Waals surface area (Å²) in [5.41, 5.74) is 0.248.